The Balaban J connectivity index is 2.44. The minimum Gasteiger partial charge on any atom is -0.496 e. The molecule has 26 heavy (non-hydrogen) atoms. The van der Waals surface area contributed by atoms with Crippen molar-refractivity contribution in [2.45, 2.75) is 19.3 Å². The molecular formula is C22H24O3S. The Bertz CT molecular complexity index is 797. The Labute approximate surface area is 160 Å². The lowest BCUT2D eigenvalue weighted by molar-refractivity contribution is -0.115. The van der Waals surface area contributed by atoms with E-state index in [0.29, 0.717) is 11.5 Å². The first-order valence-electron chi connectivity index (χ1n) is 8.35. The van der Waals surface area contributed by atoms with Gasteiger partial charge in [0.05, 0.1) is 25.7 Å². The number of allylic oxidation sites excluding steroid dienone is 6. The minimum atomic E-state index is -0.303. The summed E-state index contributed by atoms with van der Waals surface area (Å²) >= 11 is 5.07. The number of carbonyl (C=O) groups excluding carboxylic acids is 1. The number of carbonyl (C=O) groups is 1. The van der Waals surface area contributed by atoms with E-state index in [-0.39, 0.29) is 17.1 Å². The van der Waals surface area contributed by atoms with Crippen molar-refractivity contribution in [2.24, 2.45) is 5.92 Å². The van der Waals surface area contributed by atoms with Crippen LogP contribution in [0.3, 0.4) is 0 Å². The van der Waals surface area contributed by atoms with Gasteiger partial charge >= 0.3 is 0 Å². The molecule has 0 spiro atoms. The van der Waals surface area contributed by atoms with E-state index in [2.05, 4.69) is 20.4 Å². The molecule has 0 bridgehead atoms. The average Bonchev–Trinajstić information content (AvgIpc) is 2.65. The molecule has 1 aromatic carbocycles. The van der Waals surface area contributed by atoms with Crippen LogP contribution in [0.5, 0.6) is 11.5 Å². The van der Waals surface area contributed by atoms with Gasteiger partial charge in [-0.2, -0.15) is 0 Å². The van der Waals surface area contributed by atoms with Crippen molar-refractivity contribution in [3.63, 3.8) is 0 Å². The number of ketones is 1. The number of methoxy groups -OCH3 is 2. The van der Waals surface area contributed by atoms with Crippen molar-refractivity contribution in [1.82, 2.24) is 0 Å². The molecule has 0 amide bonds. The molecule has 1 aliphatic rings. The van der Waals surface area contributed by atoms with Crippen LogP contribution in [0.25, 0.3) is 6.08 Å². The normalized spacial score (nSPS) is 14.7. The third-order valence-corrected chi connectivity index (χ3v) is 4.74. The van der Waals surface area contributed by atoms with Gasteiger partial charge in [-0.15, -0.1) is 6.58 Å². The summed E-state index contributed by atoms with van der Waals surface area (Å²) < 4.78 is 11.1. The molecule has 1 aliphatic carbocycles. The molecule has 0 heterocycles. The number of hydrogen-bond acceptors (Lipinski definition) is 4. The molecule has 136 valence electrons. The molecule has 0 unspecified atom stereocenters. The van der Waals surface area contributed by atoms with E-state index < -0.39 is 0 Å². The van der Waals surface area contributed by atoms with E-state index >= 15 is 0 Å². The van der Waals surface area contributed by atoms with Crippen LogP contribution in [0.1, 0.15) is 25.0 Å². The fourth-order valence-electron chi connectivity index (χ4n) is 2.74. The Morgan fingerprint density at radius 3 is 2.38 bits per heavy atom. The van der Waals surface area contributed by atoms with Crippen LogP contribution < -0.4 is 9.47 Å². The van der Waals surface area contributed by atoms with Gasteiger partial charge in [-0.25, -0.2) is 0 Å². The standard InChI is InChI=1S/C22H24O3S/c1-6-22(2,3)18-12-14-20(24-4)17(21(18)25-5)11-13-19(23)15-7-9-16(26)10-8-15/h6-15H,1H2,2-5H3/b13-11+. The van der Waals surface area contributed by atoms with Crippen LogP contribution >= 0.6 is 12.2 Å². The molecule has 0 aliphatic heterocycles. The Morgan fingerprint density at radius 1 is 1.19 bits per heavy atom. The molecule has 4 heteroatoms. The predicted octanol–water partition coefficient (Wildman–Crippen LogP) is 4.86. The Kier molecular flexibility index (Phi) is 6.32. The first kappa shape index (κ1) is 19.9. The maximum Gasteiger partial charge on any atom is 0.166 e. The second-order valence-corrected chi connectivity index (χ2v) is 7.04. The molecular weight excluding hydrogens is 344 g/mol. The first-order chi connectivity index (χ1) is 12.3. The van der Waals surface area contributed by atoms with Crippen LogP contribution in [-0.2, 0) is 10.2 Å². The summed E-state index contributed by atoms with van der Waals surface area (Å²) in [6.45, 7) is 8.03. The van der Waals surface area contributed by atoms with E-state index in [0.717, 1.165) is 16.0 Å². The quantitative estimate of drug-likeness (QED) is 0.391. The highest BCUT2D eigenvalue weighted by Crippen LogP contribution is 2.40. The largest absolute Gasteiger partial charge is 0.496 e. The zero-order valence-corrected chi connectivity index (χ0v) is 16.4. The molecule has 1 aromatic rings. The summed E-state index contributed by atoms with van der Waals surface area (Å²) in [4.78, 5) is 13.2. The van der Waals surface area contributed by atoms with Crippen molar-refractivity contribution >= 4 is 28.9 Å². The summed E-state index contributed by atoms with van der Waals surface area (Å²) in [6.07, 6.45) is 12.3. The first-order valence-corrected chi connectivity index (χ1v) is 8.76. The number of hydrogen-bond donors (Lipinski definition) is 0. The molecule has 3 nitrogen and oxygen atoms in total. The van der Waals surface area contributed by atoms with E-state index in [9.17, 15) is 4.79 Å². The molecule has 2 rings (SSSR count). The molecule has 0 N–H and O–H groups in total. The van der Waals surface area contributed by atoms with Gasteiger partial charge in [0.2, 0.25) is 0 Å². The molecule has 0 atom stereocenters. The molecule has 0 saturated carbocycles. The molecule has 0 fully saturated rings. The highest BCUT2D eigenvalue weighted by molar-refractivity contribution is 7.81. The van der Waals surface area contributed by atoms with E-state index in [1.54, 1.807) is 50.7 Å². The van der Waals surface area contributed by atoms with Crippen molar-refractivity contribution in [1.29, 1.82) is 0 Å². The van der Waals surface area contributed by atoms with Gasteiger partial charge in [0.15, 0.2) is 5.78 Å². The summed E-state index contributed by atoms with van der Waals surface area (Å²) in [5, 5.41) is 0. The lowest BCUT2D eigenvalue weighted by atomic mass is 9.83. The second-order valence-electron chi connectivity index (χ2n) is 6.57. The third-order valence-electron chi connectivity index (χ3n) is 4.46. The maximum atomic E-state index is 12.5. The number of rotatable bonds is 7. The van der Waals surface area contributed by atoms with Crippen LogP contribution in [0.15, 0.2) is 55.2 Å². The van der Waals surface area contributed by atoms with Gasteiger partial charge < -0.3 is 9.47 Å². The summed E-state index contributed by atoms with van der Waals surface area (Å²) in [6, 6.07) is 3.85. The van der Waals surface area contributed by atoms with Gasteiger partial charge in [0, 0.05) is 15.8 Å². The Morgan fingerprint density at radius 2 is 1.85 bits per heavy atom. The van der Waals surface area contributed by atoms with E-state index in [1.165, 1.54) is 0 Å². The van der Waals surface area contributed by atoms with Crippen molar-refractivity contribution in [2.75, 3.05) is 14.2 Å². The SMILES string of the molecule is C=CC(C)(C)c1ccc(OC)c(/C=C/C(=O)C2C=CC(=S)C=C2)c1OC. The molecule has 0 radical (unpaired) electrons. The fourth-order valence-corrected chi connectivity index (χ4v) is 2.89. The zero-order chi connectivity index (χ0) is 19.3. The lowest BCUT2D eigenvalue weighted by Gasteiger charge is -2.25. The molecule has 0 saturated heterocycles. The van der Waals surface area contributed by atoms with E-state index in [4.69, 9.17) is 21.7 Å². The van der Waals surface area contributed by atoms with Gasteiger partial charge in [0.25, 0.3) is 0 Å². The fraction of sp³-hybridized carbons (Fsp3) is 0.273. The highest BCUT2D eigenvalue weighted by Gasteiger charge is 2.24. The highest BCUT2D eigenvalue weighted by atomic mass is 32.1. The summed E-state index contributed by atoms with van der Waals surface area (Å²) in [5.41, 5.74) is 1.43. The maximum absolute atomic E-state index is 12.5. The van der Waals surface area contributed by atoms with Crippen LogP contribution in [0.2, 0.25) is 0 Å². The van der Waals surface area contributed by atoms with Crippen LogP contribution in [0.4, 0.5) is 0 Å². The summed E-state index contributed by atoms with van der Waals surface area (Å²) in [7, 11) is 3.21. The van der Waals surface area contributed by atoms with Crippen LogP contribution in [0, 0.1) is 5.92 Å². The van der Waals surface area contributed by atoms with Gasteiger partial charge in [-0.1, -0.05) is 50.4 Å². The van der Waals surface area contributed by atoms with Gasteiger partial charge in [-0.05, 0) is 30.4 Å². The predicted molar refractivity (Wildman–Crippen MR) is 111 cm³/mol. The van der Waals surface area contributed by atoms with Crippen molar-refractivity contribution < 1.29 is 14.3 Å². The average molecular weight is 368 g/mol. The zero-order valence-electron chi connectivity index (χ0n) is 15.6. The number of ether oxygens (including phenoxy) is 2. The Hall–Kier alpha value is -2.46. The number of thiocarbonyl (C=S) groups is 1. The number of benzene rings is 1. The van der Waals surface area contributed by atoms with Gasteiger partial charge in [-0.3, -0.25) is 4.79 Å². The second kappa shape index (κ2) is 8.28. The molecule has 0 aromatic heterocycles. The smallest absolute Gasteiger partial charge is 0.166 e. The lowest BCUT2D eigenvalue weighted by Crippen LogP contribution is -2.15. The van der Waals surface area contributed by atoms with Crippen LogP contribution in [-0.4, -0.2) is 24.9 Å². The summed E-state index contributed by atoms with van der Waals surface area (Å²) in [5.74, 6) is 0.986. The topological polar surface area (TPSA) is 35.5 Å². The minimum absolute atomic E-state index is 0.0301. The monoisotopic (exact) mass is 368 g/mol. The van der Waals surface area contributed by atoms with E-state index in [1.807, 2.05) is 18.2 Å². The third kappa shape index (κ3) is 4.20. The van der Waals surface area contributed by atoms with Crippen molar-refractivity contribution in [3.8, 4) is 11.5 Å². The van der Waals surface area contributed by atoms with Crippen molar-refractivity contribution in [3.05, 3.63) is 66.3 Å². The van der Waals surface area contributed by atoms with Gasteiger partial charge in [0.1, 0.15) is 11.5 Å².